The van der Waals surface area contributed by atoms with Crippen molar-refractivity contribution in [1.82, 2.24) is 0 Å². The molecule has 0 aliphatic heterocycles. The second-order valence-electron chi connectivity index (χ2n) is 11.0. The summed E-state index contributed by atoms with van der Waals surface area (Å²) < 4.78 is 5.62. The van der Waals surface area contributed by atoms with E-state index in [4.69, 9.17) is 29.0 Å². The zero-order valence-electron chi connectivity index (χ0n) is 24.3. The molecule has 0 saturated carbocycles. The van der Waals surface area contributed by atoms with E-state index in [2.05, 4.69) is 19.9 Å². The molecule has 0 bridgehead atoms. The minimum atomic E-state index is -3.39. The normalized spacial score (nSPS) is 11.8. The summed E-state index contributed by atoms with van der Waals surface area (Å²) in [5, 5.41) is 0. The van der Waals surface area contributed by atoms with E-state index in [0.717, 1.165) is 19.3 Å². The molecular formula is C32H57O2PS2-2. The maximum atomic E-state index is 12.1. The summed E-state index contributed by atoms with van der Waals surface area (Å²) in [5.41, 5.74) is 2.53. The first kappa shape index (κ1) is 35.1. The quantitative estimate of drug-likeness (QED) is 0.0632. The summed E-state index contributed by atoms with van der Waals surface area (Å²) in [4.78, 5) is 12.1. The van der Waals surface area contributed by atoms with Gasteiger partial charge in [0.1, 0.15) is 0 Å². The van der Waals surface area contributed by atoms with Crippen molar-refractivity contribution in [3.05, 3.63) is 29.3 Å². The molecule has 0 N–H and O–H groups in total. The van der Waals surface area contributed by atoms with Crippen LogP contribution in [0.5, 0.6) is 5.75 Å². The van der Waals surface area contributed by atoms with Crippen LogP contribution in [0.3, 0.4) is 0 Å². The number of rotatable bonds is 26. The molecule has 0 aliphatic rings. The number of aryl methyl sites for hydroxylation is 1. The molecule has 0 saturated heterocycles. The topological polar surface area (TPSA) is 32.3 Å². The summed E-state index contributed by atoms with van der Waals surface area (Å²) in [6, 6.07) is 6.13. The molecule has 1 aromatic carbocycles. The second-order valence-corrected chi connectivity index (χ2v) is 15.7. The third-order valence-corrected chi connectivity index (χ3v) is 8.39. The zero-order chi connectivity index (χ0) is 27.0. The highest BCUT2D eigenvalue weighted by Gasteiger charge is 2.12. The minimum Gasteiger partial charge on any atom is -0.682 e. The van der Waals surface area contributed by atoms with E-state index in [1.807, 2.05) is 12.1 Å². The van der Waals surface area contributed by atoms with Crippen molar-refractivity contribution in [3.63, 3.8) is 0 Å². The maximum Gasteiger partial charge on any atom is 0.171 e. The van der Waals surface area contributed by atoms with E-state index in [-0.39, 0.29) is 0 Å². The SMILES string of the molecule is CCCCCCCCCCCCCc1cccc(O[P+]([O-])([S-])[S-])c1CCCCCCCCCCCCC. The van der Waals surface area contributed by atoms with Gasteiger partial charge in [-0.25, -0.2) is 0 Å². The van der Waals surface area contributed by atoms with Crippen LogP contribution in [0.25, 0.3) is 0 Å². The first-order valence-corrected chi connectivity index (χ1v) is 19.5. The Labute approximate surface area is 242 Å². The molecule has 1 rings (SSSR count). The molecule has 0 aliphatic carbocycles. The third-order valence-electron chi connectivity index (χ3n) is 7.52. The third kappa shape index (κ3) is 20.6. The van der Waals surface area contributed by atoms with Gasteiger partial charge in [0.2, 0.25) is 0 Å². The van der Waals surface area contributed by atoms with Crippen LogP contribution in [0.1, 0.15) is 166 Å². The fraction of sp³-hybridized carbons (Fsp3) is 0.812. The molecule has 216 valence electrons. The Hall–Kier alpha value is 0.110. The highest BCUT2D eigenvalue weighted by Crippen LogP contribution is 2.47. The smallest absolute Gasteiger partial charge is 0.171 e. The van der Waals surface area contributed by atoms with Gasteiger partial charge in [0.05, 0.1) is 0 Å². The summed E-state index contributed by atoms with van der Waals surface area (Å²) in [6.07, 6.45) is 28.2. The Kier molecular flexibility index (Phi) is 22.7. The van der Waals surface area contributed by atoms with Crippen molar-refractivity contribution in [2.24, 2.45) is 0 Å². The summed E-state index contributed by atoms with van der Waals surface area (Å²) in [7, 11) is 0. The number of hydrogen-bond donors (Lipinski definition) is 0. The lowest BCUT2D eigenvalue weighted by Gasteiger charge is -2.42. The van der Waals surface area contributed by atoms with Gasteiger partial charge >= 0.3 is 0 Å². The van der Waals surface area contributed by atoms with Crippen LogP contribution in [0, 0.1) is 0 Å². The van der Waals surface area contributed by atoms with Crippen LogP contribution in [0.4, 0.5) is 0 Å². The molecule has 5 heteroatoms. The van der Waals surface area contributed by atoms with Gasteiger partial charge in [0.15, 0.2) is 5.75 Å². The van der Waals surface area contributed by atoms with Crippen LogP contribution >= 0.6 is 6.12 Å². The Balaban J connectivity index is 2.35. The standard InChI is InChI=1S/C32H59O2PS2/c1-3-5-7-9-11-13-15-17-19-21-23-26-30-27-25-29-32(34-35(33,36)37)31(30)28-24-22-20-18-16-14-12-10-8-6-4-2/h25,27,29H,3-24,26,28H2,1-2H3,(H2,33,36,37)/p-2. The molecule has 2 nitrogen and oxygen atoms in total. The Morgan fingerprint density at radius 1 is 0.568 bits per heavy atom. The van der Waals surface area contributed by atoms with Crippen molar-refractivity contribution in [2.45, 2.75) is 168 Å². The number of unbranched alkanes of at least 4 members (excludes halogenated alkanes) is 20. The van der Waals surface area contributed by atoms with Gasteiger partial charge in [-0.3, -0.25) is 0 Å². The first-order chi connectivity index (χ1) is 18.0. The lowest BCUT2D eigenvalue weighted by Crippen LogP contribution is -2.11. The van der Waals surface area contributed by atoms with E-state index >= 15 is 0 Å². The van der Waals surface area contributed by atoms with E-state index in [1.54, 1.807) is 0 Å². The lowest BCUT2D eigenvalue weighted by atomic mass is 9.95. The van der Waals surface area contributed by atoms with Gasteiger partial charge in [-0.1, -0.05) is 154 Å². The van der Waals surface area contributed by atoms with Crippen LogP contribution in [0.15, 0.2) is 18.2 Å². The van der Waals surface area contributed by atoms with Crippen molar-refractivity contribution in [1.29, 1.82) is 0 Å². The Morgan fingerprint density at radius 3 is 1.35 bits per heavy atom. The van der Waals surface area contributed by atoms with E-state index < -0.39 is 6.12 Å². The highest BCUT2D eigenvalue weighted by molar-refractivity contribution is 8.69. The van der Waals surface area contributed by atoms with Crippen molar-refractivity contribution in [2.75, 3.05) is 0 Å². The molecule has 0 amide bonds. The summed E-state index contributed by atoms with van der Waals surface area (Å²) in [5.74, 6) is 0.668. The summed E-state index contributed by atoms with van der Waals surface area (Å²) in [6.45, 7) is 4.56. The second kappa shape index (κ2) is 24.0. The van der Waals surface area contributed by atoms with Gasteiger partial charge in [0.25, 0.3) is 0 Å². The van der Waals surface area contributed by atoms with Crippen molar-refractivity contribution in [3.8, 4) is 5.75 Å². The maximum absolute atomic E-state index is 12.1. The molecule has 0 aromatic heterocycles. The molecule has 0 heterocycles. The molecule has 0 fully saturated rings. The number of benzene rings is 1. The van der Waals surface area contributed by atoms with Crippen LogP contribution in [-0.2, 0) is 37.3 Å². The largest absolute Gasteiger partial charge is 0.682 e. The van der Waals surface area contributed by atoms with Crippen molar-refractivity contribution < 1.29 is 9.42 Å². The summed E-state index contributed by atoms with van der Waals surface area (Å²) >= 11 is 9.86. The lowest BCUT2D eigenvalue weighted by molar-refractivity contribution is -0.169. The van der Waals surface area contributed by atoms with Crippen LogP contribution < -0.4 is 9.42 Å². The van der Waals surface area contributed by atoms with E-state index in [9.17, 15) is 4.89 Å². The minimum absolute atomic E-state index is 0.668. The monoisotopic (exact) mass is 568 g/mol. The van der Waals surface area contributed by atoms with E-state index in [1.165, 1.54) is 146 Å². The van der Waals surface area contributed by atoms with Gasteiger partial charge in [-0.2, -0.15) is 0 Å². The number of hydrogen-bond acceptors (Lipinski definition) is 4. The van der Waals surface area contributed by atoms with E-state index in [0.29, 0.717) is 5.75 Å². The van der Waals surface area contributed by atoms with Crippen molar-refractivity contribution >= 4 is 30.6 Å². The average Bonchev–Trinajstić information content (AvgIpc) is 2.86. The van der Waals surface area contributed by atoms with Gasteiger partial charge in [-0.05, 0) is 37.3 Å². The average molecular weight is 569 g/mol. The molecular weight excluding hydrogens is 511 g/mol. The Morgan fingerprint density at radius 2 is 0.946 bits per heavy atom. The van der Waals surface area contributed by atoms with Crippen LogP contribution in [0.2, 0.25) is 0 Å². The van der Waals surface area contributed by atoms with Gasteiger partial charge in [-0.15, -0.1) is 6.12 Å². The predicted octanol–water partition coefficient (Wildman–Crippen LogP) is 10.9. The fourth-order valence-electron chi connectivity index (χ4n) is 5.28. The zero-order valence-corrected chi connectivity index (χ0v) is 26.8. The first-order valence-electron chi connectivity index (χ1n) is 15.8. The van der Waals surface area contributed by atoms with Crippen LogP contribution in [-0.4, -0.2) is 0 Å². The van der Waals surface area contributed by atoms with Gasteiger partial charge in [0, 0.05) is 5.56 Å². The Bertz CT molecular complexity index is 648. The predicted molar refractivity (Wildman–Crippen MR) is 169 cm³/mol. The molecule has 1 aromatic rings. The molecule has 37 heavy (non-hydrogen) atoms. The molecule has 0 unspecified atom stereocenters. The molecule has 0 atom stereocenters. The molecule has 0 radical (unpaired) electrons. The highest BCUT2D eigenvalue weighted by atomic mass is 33.1. The van der Waals surface area contributed by atoms with Gasteiger partial charge < -0.3 is 33.9 Å². The molecule has 0 spiro atoms. The fourth-order valence-corrected chi connectivity index (χ4v) is 6.17.